The summed E-state index contributed by atoms with van der Waals surface area (Å²) in [5.74, 6) is 0.123. The van der Waals surface area contributed by atoms with Crippen LogP contribution in [0.3, 0.4) is 0 Å². The van der Waals surface area contributed by atoms with Crippen LogP contribution < -0.4 is 5.32 Å². The first-order chi connectivity index (χ1) is 10.8. The Bertz CT molecular complexity index is 620. The van der Waals surface area contributed by atoms with E-state index in [1.54, 1.807) is 0 Å². The second-order valence-corrected chi connectivity index (χ2v) is 5.85. The van der Waals surface area contributed by atoms with Gasteiger partial charge in [-0.15, -0.1) is 0 Å². The molecular weight excluding hydrogens is 274 g/mol. The van der Waals surface area contributed by atoms with Crippen LogP contribution in [0.2, 0.25) is 0 Å². The second kappa shape index (κ2) is 6.79. The standard InChI is InChI=1S/C18H23N3O/c1-2-18(22)19-11-17-14-20-10-6-9-16(20)13-21(17)12-15-7-4-3-5-8-15/h3-10,17H,2,11-14H2,1H3,(H,19,22). The molecule has 4 heteroatoms. The smallest absolute Gasteiger partial charge is 0.219 e. The topological polar surface area (TPSA) is 37.3 Å². The number of carbonyl (C=O) groups excluding carboxylic acids is 1. The summed E-state index contributed by atoms with van der Waals surface area (Å²) in [5.41, 5.74) is 2.66. The Balaban J connectivity index is 1.73. The van der Waals surface area contributed by atoms with E-state index in [9.17, 15) is 4.79 Å². The van der Waals surface area contributed by atoms with Crippen LogP contribution in [0, 0.1) is 0 Å². The van der Waals surface area contributed by atoms with Crippen molar-refractivity contribution >= 4 is 5.91 Å². The van der Waals surface area contributed by atoms with Crippen molar-refractivity contribution in [2.45, 2.75) is 39.0 Å². The molecule has 1 aliphatic rings. The van der Waals surface area contributed by atoms with Gasteiger partial charge >= 0.3 is 0 Å². The molecule has 2 heterocycles. The summed E-state index contributed by atoms with van der Waals surface area (Å²) in [5, 5.41) is 3.05. The van der Waals surface area contributed by atoms with Crippen LogP contribution in [0.5, 0.6) is 0 Å². The first kappa shape index (κ1) is 14.9. The van der Waals surface area contributed by atoms with Crippen LogP contribution in [-0.4, -0.2) is 28.0 Å². The van der Waals surface area contributed by atoms with E-state index in [1.165, 1.54) is 11.3 Å². The van der Waals surface area contributed by atoms with Gasteiger partial charge in [0.05, 0.1) is 0 Å². The number of amides is 1. The largest absolute Gasteiger partial charge is 0.354 e. The van der Waals surface area contributed by atoms with E-state index in [0.29, 0.717) is 19.0 Å². The van der Waals surface area contributed by atoms with Crippen LogP contribution in [0.25, 0.3) is 0 Å². The number of hydrogen-bond acceptors (Lipinski definition) is 2. The molecule has 2 aromatic rings. The zero-order valence-electron chi connectivity index (χ0n) is 13.0. The lowest BCUT2D eigenvalue weighted by molar-refractivity contribution is -0.121. The summed E-state index contributed by atoms with van der Waals surface area (Å²) < 4.78 is 2.30. The number of rotatable bonds is 5. The Morgan fingerprint density at radius 3 is 2.82 bits per heavy atom. The van der Waals surface area contributed by atoms with Crippen LogP contribution in [-0.2, 0) is 24.4 Å². The summed E-state index contributed by atoms with van der Waals surface area (Å²) in [6.07, 6.45) is 2.67. The molecule has 1 aliphatic heterocycles. The van der Waals surface area contributed by atoms with Crippen LogP contribution in [0.15, 0.2) is 48.7 Å². The van der Waals surface area contributed by atoms with Gasteiger partial charge in [-0.2, -0.15) is 0 Å². The monoisotopic (exact) mass is 297 g/mol. The van der Waals surface area contributed by atoms with Gasteiger partial charge in [-0.25, -0.2) is 0 Å². The third kappa shape index (κ3) is 3.39. The normalized spacial score (nSPS) is 18.0. The minimum atomic E-state index is 0.123. The lowest BCUT2D eigenvalue weighted by Crippen LogP contribution is -2.48. The average molecular weight is 297 g/mol. The van der Waals surface area contributed by atoms with E-state index in [0.717, 1.165) is 19.6 Å². The average Bonchev–Trinajstić information content (AvgIpc) is 3.00. The molecule has 4 nitrogen and oxygen atoms in total. The molecule has 0 saturated carbocycles. The van der Waals surface area contributed by atoms with Crippen molar-refractivity contribution in [3.63, 3.8) is 0 Å². The zero-order chi connectivity index (χ0) is 15.4. The van der Waals surface area contributed by atoms with Gasteiger partial charge in [-0.1, -0.05) is 37.3 Å². The second-order valence-electron chi connectivity index (χ2n) is 5.85. The molecule has 1 aromatic carbocycles. The van der Waals surface area contributed by atoms with E-state index in [4.69, 9.17) is 0 Å². The summed E-state index contributed by atoms with van der Waals surface area (Å²) >= 11 is 0. The quantitative estimate of drug-likeness (QED) is 0.920. The van der Waals surface area contributed by atoms with Crippen molar-refractivity contribution in [1.82, 2.24) is 14.8 Å². The van der Waals surface area contributed by atoms with Gasteiger partial charge in [0.15, 0.2) is 0 Å². The van der Waals surface area contributed by atoms with Crippen molar-refractivity contribution in [2.75, 3.05) is 6.54 Å². The SMILES string of the molecule is CCC(=O)NCC1Cn2cccc2CN1Cc1ccccc1. The van der Waals surface area contributed by atoms with Crippen molar-refractivity contribution < 1.29 is 4.79 Å². The highest BCUT2D eigenvalue weighted by Crippen LogP contribution is 2.20. The number of nitrogens with zero attached hydrogens (tertiary/aromatic N) is 2. The lowest BCUT2D eigenvalue weighted by Gasteiger charge is -2.37. The molecule has 3 rings (SSSR count). The summed E-state index contributed by atoms with van der Waals surface area (Å²) in [4.78, 5) is 14.0. The van der Waals surface area contributed by atoms with E-state index in [1.807, 2.05) is 13.0 Å². The third-order valence-corrected chi connectivity index (χ3v) is 4.30. The third-order valence-electron chi connectivity index (χ3n) is 4.30. The molecule has 0 aliphatic carbocycles. The predicted octanol–water partition coefficient (Wildman–Crippen LogP) is 2.40. The lowest BCUT2D eigenvalue weighted by atomic mass is 10.1. The molecule has 1 unspecified atom stereocenters. The number of aromatic nitrogens is 1. The molecule has 1 aromatic heterocycles. The molecule has 0 bridgehead atoms. The minimum Gasteiger partial charge on any atom is -0.354 e. The van der Waals surface area contributed by atoms with Crippen molar-refractivity contribution in [3.8, 4) is 0 Å². The highest BCUT2D eigenvalue weighted by atomic mass is 16.1. The molecule has 116 valence electrons. The van der Waals surface area contributed by atoms with E-state index in [-0.39, 0.29) is 5.91 Å². The molecule has 0 fully saturated rings. The first-order valence-corrected chi connectivity index (χ1v) is 7.95. The highest BCUT2D eigenvalue weighted by Gasteiger charge is 2.25. The highest BCUT2D eigenvalue weighted by molar-refractivity contribution is 5.75. The molecule has 1 atom stereocenters. The summed E-state index contributed by atoms with van der Waals surface area (Å²) in [6, 6.07) is 15.1. The molecule has 0 saturated heterocycles. The summed E-state index contributed by atoms with van der Waals surface area (Å²) in [7, 11) is 0. The molecule has 1 amide bonds. The Labute approximate surface area is 131 Å². The molecule has 0 spiro atoms. The van der Waals surface area contributed by atoms with Crippen molar-refractivity contribution in [3.05, 3.63) is 59.9 Å². The number of fused-ring (bicyclic) bond motifs is 1. The summed E-state index contributed by atoms with van der Waals surface area (Å²) in [6.45, 7) is 5.37. The van der Waals surface area contributed by atoms with Crippen LogP contribution in [0.4, 0.5) is 0 Å². The molecule has 1 N–H and O–H groups in total. The number of benzene rings is 1. The van der Waals surface area contributed by atoms with Gasteiger partial charge in [-0.05, 0) is 17.7 Å². The van der Waals surface area contributed by atoms with E-state index >= 15 is 0 Å². The van der Waals surface area contributed by atoms with Crippen LogP contribution in [0.1, 0.15) is 24.6 Å². The van der Waals surface area contributed by atoms with E-state index in [2.05, 4.69) is 57.4 Å². The molecule has 22 heavy (non-hydrogen) atoms. The van der Waals surface area contributed by atoms with Gasteiger partial charge in [0, 0.05) is 50.5 Å². The predicted molar refractivity (Wildman–Crippen MR) is 87.2 cm³/mol. The Kier molecular flexibility index (Phi) is 4.59. The fourth-order valence-corrected chi connectivity index (χ4v) is 3.00. The number of carbonyl (C=O) groups is 1. The zero-order valence-corrected chi connectivity index (χ0v) is 13.0. The Morgan fingerprint density at radius 1 is 1.23 bits per heavy atom. The van der Waals surface area contributed by atoms with Gasteiger partial charge < -0.3 is 9.88 Å². The maximum absolute atomic E-state index is 11.6. The van der Waals surface area contributed by atoms with Crippen LogP contribution >= 0.6 is 0 Å². The Hall–Kier alpha value is -2.07. The first-order valence-electron chi connectivity index (χ1n) is 7.95. The van der Waals surface area contributed by atoms with Crippen molar-refractivity contribution in [1.29, 1.82) is 0 Å². The van der Waals surface area contributed by atoms with Crippen molar-refractivity contribution in [2.24, 2.45) is 0 Å². The molecule has 0 radical (unpaired) electrons. The number of hydrogen-bond donors (Lipinski definition) is 1. The van der Waals surface area contributed by atoms with Gasteiger partial charge in [0.25, 0.3) is 0 Å². The van der Waals surface area contributed by atoms with E-state index < -0.39 is 0 Å². The fraction of sp³-hybridized carbons (Fsp3) is 0.389. The maximum atomic E-state index is 11.6. The Morgan fingerprint density at radius 2 is 2.05 bits per heavy atom. The molecular formula is C18H23N3O. The number of nitrogens with one attached hydrogen (secondary N) is 1. The minimum absolute atomic E-state index is 0.123. The maximum Gasteiger partial charge on any atom is 0.219 e. The van der Waals surface area contributed by atoms with Gasteiger partial charge in [0.2, 0.25) is 5.91 Å². The van der Waals surface area contributed by atoms with Gasteiger partial charge in [-0.3, -0.25) is 9.69 Å². The fourth-order valence-electron chi connectivity index (χ4n) is 3.00. The van der Waals surface area contributed by atoms with Gasteiger partial charge in [0.1, 0.15) is 0 Å².